The monoisotopic (exact) mass is 250 g/mol. The Kier molecular flexibility index (Phi) is 4.13. The van der Waals surface area contributed by atoms with Crippen LogP contribution in [0.2, 0.25) is 0 Å². The maximum atomic E-state index is 6.09. The summed E-state index contributed by atoms with van der Waals surface area (Å²) in [4.78, 5) is 2.44. The van der Waals surface area contributed by atoms with Crippen LogP contribution in [0.5, 0.6) is 0 Å². The van der Waals surface area contributed by atoms with Gasteiger partial charge in [-0.1, -0.05) is 13.3 Å². The largest absolute Gasteiger partial charge is 0.469 e. The second-order valence-electron chi connectivity index (χ2n) is 5.80. The van der Waals surface area contributed by atoms with Crippen LogP contribution in [-0.2, 0) is 6.54 Å². The van der Waals surface area contributed by atoms with Crippen molar-refractivity contribution in [3.05, 3.63) is 23.7 Å². The Morgan fingerprint density at radius 2 is 2.33 bits per heavy atom. The normalized spacial score (nSPS) is 28.2. The number of likely N-dealkylation sites (N-methyl/N-ethyl adjacent to an activating group) is 1. The van der Waals surface area contributed by atoms with E-state index in [-0.39, 0.29) is 5.54 Å². The van der Waals surface area contributed by atoms with Crippen LogP contribution in [0.3, 0.4) is 0 Å². The quantitative estimate of drug-likeness (QED) is 0.873. The van der Waals surface area contributed by atoms with Gasteiger partial charge in [-0.3, -0.25) is 4.90 Å². The number of aryl methyl sites for hydroxylation is 1. The van der Waals surface area contributed by atoms with Crippen molar-refractivity contribution in [1.29, 1.82) is 0 Å². The third kappa shape index (κ3) is 2.47. The summed E-state index contributed by atoms with van der Waals surface area (Å²) in [5.74, 6) is 1.88. The molecule has 102 valence electrons. The summed E-state index contributed by atoms with van der Waals surface area (Å²) in [6.45, 7) is 6.02. The van der Waals surface area contributed by atoms with Gasteiger partial charge in [-0.15, -0.1) is 0 Å². The third-order valence-corrected chi connectivity index (χ3v) is 4.83. The van der Waals surface area contributed by atoms with Crippen LogP contribution in [0, 0.1) is 12.8 Å². The van der Waals surface area contributed by atoms with Crippen molar-refractivity contribution >= 4 is 0 Å². The highest BCUT2D eigenvalue weighted by atomic mass is 16.3. The Hall–Kier alpha value is -0.800. The molecule has 1 fully saturated rings. The van der Waals surface area contributed by atoms with Gasteiger partial charge in [0.25, 0.3) is 0 Å². The molecule has 2 atom stereocenters. The van der Waals surface area contributed by atoms with Crippen molar-refractivity contribution in [2.75, 3.05) is 13.6 Å². The Balaban J connectivity index is 2.07. The van der Waals surface area contributed by atoms with E-state index in [1.807, 2.05) is 6.92 Å². The Morgan fingerprint density at radius 3 is 2.83 bits per heavy atom. The van der Waals surface area contributed by atoms with Crippen molar-refractivity contribution in [1.82, 2.24) is 4.90 Å². The lowest BCUT2D eigenvalue weighted by Gasteiger charge is -2.38. The highest BCUT2D eigenvalue weighted by molar-refractivity contribution is 5.16. The van der Waals surface area contributed by atoms with Crippen LogP contribution in [-0.4, -0.2) is 24.0 Å². The minimum absolute atomic E-state index is 0.199. The first-order valence-electron chi connectivity index (χ1n) is 7.05. The van der Waals surface area contributed by atoms with E-state index in [4.69, 9.17) is 10.2 Å². The molecule has 0 saturated heterocycles. The molecular formula is C15H26N2O. The van der Waals surface area contributed by atoms with Crippen molar-refractivity contribution < 1.29 is 4.42 Å². The SMILES string of the molecule is CCC1CCC(CN)(N(C)Cc2ccoc2C)C1. The van der Waals surface area contributed by atoms with Gasteiger partial charge in [0.1, 0.15) is 5.76 Å². The molecule has 1 aromatic heterocycles. The summed E-state index contributed by atoms with van der Waals surface area (Å²) in [6, 6.07) is 2.07. The number of furan rings is 1. The van der Waals surface area contributed by atoms with Crippen molar-refractivity contribution in [2.45, 2.75) is 51.6 Å². The van der Waals surface area contributed by atoms with Gasteiger partial charge in [-0.2, -0.15) is 0 Å². The molecule has 0 amide bonds. The third-order valence-electron chi connectivity index (χ3n) is 4.83. The minimum Gasteiger partial charge on any atom is -0.469 e. The average molecular weight is 250 g/mol. The van der Waals surface area contributed by atoms with Crippen molar-refractivity contribution in [2.24, 2.45) is 11.7 Å². The molecule has 1 saturated carbocycles. The van der Waals surface area contributed by atoms with E-state index in [0.717, 1.165) is 24.8 Å². The lowest BCUT2D eigenvalue weighted by atomic mass is 9.93. The number of rotatable bonds is 5. The molecule has 1 heterocycles. The highest BCUT2D eigenvalue weighted by Gasteiger charge is 2.40. The summed E-state index contributed by atoms with van der Waals surface area (Å²) in [5.41, 5.74) is 7.57. The van der Waals surface area contributed by atoms with Gasteiger partial charge in [0.15, 0.2) is 0 Å². The summed E-state index contributed by atoms with van der Waals surface area (Å²) < 4.78 is 5.38. The van der Waals surface area contributed by atoms with E-state index in [9.17, 15) is 0 Å². The lowest BCUT2D eigenvalue weighted by Crippen LogP contribution is -2.49. The predicted octanol–water partition coefficient (Wildman–Crippen LogP) is 2.93. The first-order valence-corrected chi connectivity index (χ1v) is 7.05. The van der Waals surface area contributed by atoms with Gasteiger partial charge < -0.3 is 10.2 Å². The summed E-state index contributed by atoms with van der Waals surface area (Å²) in [5, 5.41) is 0. The molecule has 18 heavy (non-hydrogen) atoms. The summed E-state index contributed by atoms with van der Waals surface area (Å²) in [6.07, 6.45) is 6.85. The first-order chi connectivity index (χ1) is 8.61. The Bertz CT molecular complexity index is 388. The van der Waals surface area contributed by atoms with Crippen LogP contribution in [0.1, 0.15) is 43.9 Å². The highest BCUT2D eigenvalue weighted by Crippen LogP contribution is 2.40. The van der Waals surface area contributed by atoms with Gasteiger partial charge in [0.05, 0.1) is 6.26 Å². The second kappa shape index (κ2) is 5.45. The molecule has 0 aromatic carbocycles. The lowest BCUT2D eigenvalue weighted by molar-refractivity contribution is 0.118. The van der Waals surface area contributed by atoms with E-state index >= 15 is 0 Å². The molecule has 0 spiro atoms. The van der Waals surface area contributed by atoms with E-state index in [1.165, 1.54) is 31.2 Å². The molecule has 2 N–H and O–H groups in total. The zero-order valence-electron chi connectivity index (χ0n) is 11.9. The molecule has 2 rings (SSSR count). The smallest absolute Gasteiger partial charge is 0.105 e. The van der Waals surface area contributed by atoms with Gasteiger partial charge in [-0.05, 0) is 45.2 Å². The molecule has 0 bridgehead atoms. The van der Waals surface area contributed by atoms with Crippen LogP contribution < -0.4 is 5.73 Å². The fraction of sp³-hybridized carbons (Fsp3) is 0.733. The number of nitrogens with two attached hydrogens (primary N) is 1. The first kappa shape index (κ1) is 13.6. The number of hydrogen-bond acceptors (Lipinski definition) is 3. The Morgan fingerprint density at radius 1 is 1.56 bits per heavy atom. The maximum Gasteiger partial charge on any atom is 0.105 e. The zero-order chi connectivity index (χ0) is 13.2. The van der Waals surface area contributed by atoms with E-state index in [1.54, 1.807) is 6.26 Å². The molecule has 3 nitrogen and oxygen atoms in total. The summed E-state index contributed by atoms with van der Waals surface area (Å²) in [7, 11) is 2.21. The van der Waals surface area contributed by atoms with E-state index in [0.29, 0.717) is 0 Å². The van der Waals surface area contributed by atoms with Gasteiger partial charge >= 0.3 is 0 Å². The van der Waals surface area contributed by atoms with E-state index < -0.39 is 0 Å². The molecule has 3 heteroatoms. The minimum atomic E-state index is 0.199. The molecule has 2 unspecified atom stereocenters. The van der Waals surface area contributed by atoms with Gasteiger partial charge in [0.2, 0.25) is 0 Å². The Labute approximate surface area is 110 Å². The van der Waals surface area contributed by atoms with Crippen molar-refractivity contribution in [3.63, 3.8) is 0 Å². The second-order valence-corrected chi connectivity index (χ2v) is 5.80. The van der Waals surface area contributed by atoms with E-state index in [2.05, 4.69) is 24.9 Å². The topological polar surface area (TPSA) is 42.4 Å². The number of hydrogen-bond donors (Lipinski definition) is 1. The summed E-state index contributed by atoms with van der Waals surface area (Å²) >= 11 is 0. The van der Waals surface area contributed by atoms with Crippen molar-refractivity contribution in [3.8, 4) is 0 Å². The fourth-order valence-corrected chi connectivity index (χ4v) is 3.25. The average Bonchev–Trinajstić information content (AvgIpc) is 2.97. The van der Waals surface area contributed by atoms with Crippen LogP contribution in [0.15, 0.2) is 16.7 Å². The number of nitrogens with zero attached hydrogens (tertiary/aromatic N) is 1. The fourth-order valence-electron chi connectivity index (χ4n) is 3.25. The maximum absolute atomic E-state index is 6.09. The molecule has 0 radical (unpaired) electrons. The van der Waals surface area contributed by atoms with Crippen LogP contribution >= 0.6 is 0 Å². The molecule has 1 aliphatic rings. The van der Waals surface area contributed by atoms with Crippen LogP contribution in [0.4, 0.5) is 0 Å². The van der Waals surface area contributed by atoms with Gasteiger partial charge in [-0.25, -0.2) is 0 Å². The van der Waals surface area contributed by atoms with Gasteiger partial charge in [0, 0.05) is 24.2 Å². The molecule has 0 aliphatic heterocycles. The predicted molar refractivity (Wildman–Crippen MR) is 74.3 cm³/mol. The molecule has 1 aliphatic carbocycles. The standard InChI is InChI=1S/C15H26N2O/c1-4-13-5-7-15(9-13,11-16)17(3)10-14-6-8-18-12(14)2/h6,8,13H,4-5,7,9-11,16H2,1-3H3. The zero-order valence-corrected chi connectivity index (χ0v) is 11.9. The van der Waals surface area contributed by atoms with Crippen LogP contribution in [0.25, 0.3) is 0 Å². The molecule has 1 aromatic rings. The molecular weight excluding hydrogens is 224 g/mol.